The summed E-state index contributed by atoms with van der Waals surface area (Å²) in [5.74, 6) is -0.433. The van der Waals surface area contributed by atoms with Gasteiger partial charge in [-0.15, -0.1) is 0 Å². The number of ether oxygens (including phenoxy) is 1. The molecule has 0 saturated heterocycles. The van der Waals surface area contributed by atoms with Crippen molar-refractivity contribution in [1.82, 2.24) is 9.78 Å². The third kappa shape index (κ3) is 4.97. The SMILES string of the molecule is O=C(Cn1ncc2ccccc2c1=O)Nc1ccc(OC(F)F)c(Cc2ccccc2)c1. The first kappa shape index (κ1) is 21.2. The second kappa shape index (κ2) is 9.38. The molecule has 1 amide bonds. The molecule has 0 unspecified atom stereocenters. The number of halogens is 2. The maximum Gasteiger partial charge on any atom is 0.387 e. The number of fused-ring (bicyclic) bond motifs is 1. The Labute approximate surface area is 182 Å². The van der Waals surface area contributed by atoms with Gasteiger partial charge >= 0.3 is 6.61 Å². The van der Waals surface area contributed by atoms with Gasteiger partial charge in [0, 0.05) is 23.1 Å². The van der Waals surface area contributed by atoms with Crippen molar-refractivity contribution in [3.05, 3.63) is 100 Å². The van der Waals surface area contributed by atoms with Crippen LogP contribution in [0.2, 0.25) is 0 Å². The molecule has 0 fully saturated rings. The Hall–Kier alpha value is -4.07. The van der Waals surface area contributed by atoms with E-state index in [1.54, 1.807) is 30.3 Å². The normalized spacial score (nSPS) is 11.0. The van der Waals surface area contributed by atoms with Crippen molar-refractivity contribution in [2.45, 2.75) is 19.6 Å². The van der Waals surface area contributed by atoms with Crippen LogP contribution in [-0.2, 0) is 17.8 Å². The first-order valence-electron chi connectivity index (χ1n) is 9.86. The van der Waals surface area contributed by atoms with Crippen LogP contribution >= 0.6 is 0 Å². The highest BCUT2D eigenvalue weighted by atomic mass is 19.3. The number of amides is 1. The lowest BCUT2D eigenvalue weighted by atomic mass is 10.0. The lowest BCUT2D eigenvalue weighted by Crippen LogP contribution is -2.29. The van der Waals surface area contributed by atoms with Crippen LogP contribution in [0.4, 0.5) is 14.5 Å². The van der Waals surface area contributed by atoms with Crippen molar-refractivity contribution < 1.29 is 18.3 Å². The maximum absolute atomic E-state index is 12.8. The summed E-state index contributed by atoms with van der Waals surface area (Å²) < 4.78 is 31.3. The molecule has 6 nitrogen and oxygen atoms in total. The van der Waals surface area contributed by atoms with E-state index in [0.29, 0.717) is 28.4 Å². The average Bonchev–Trinajstić information content (AvgIpc) is 2.78. The van der Waals surface area contributed by atoms with Crippen molar-refractivity contribution in [2.75, 3.05) is 5.32 Å². The molecule has 1 N–H and O–H groups in total. The van der Waals surface area contributed by atoms with E-state index in [1.165, 1.54) is 18.3 Å². The summed E-state index contributed by atoms with van der Waals surface area (Å²) in [4.78, 5) is 25.1. The Bertz CT molecular complexity index is 1310. The Balaban J connectivity index is 1.54. The topological polar surface area (TPSA) is 73.2 Å². The van der Waals surface area contributed by atoms with Crippen LogP contribution in [0.15, 0.2) is 83.8 Å². The number of benzene rings is 3. The van der Waals surface area contributed by atoms with Gasteiger partial charge in [-0.25, -0.2) is 4.68 Å². The van der Waals surface area contributed by atoms with Crippen LogP contribution in [0, 0.1) is 0 Å². The van der Waals surface area contributed by atoms with Crippen molar-refractivity contribution in [1.29, 1.82) is 0 Å². The minimum Gasteiger partial charge on any atom is -0.435 e. The molecule has 0 spiro atoms. The third-order valence-corrected chi connectivity index (χ3v) is 4.85. The highest BCUT2D eigenvalue weighted by Crippen LogP contribution is 2.27. The van der Waals surface area contributed by atoms with Crippen molar-refractivity contribution in [2.24, 2.45) is 0 Å². The van der Waals surface area contributed by atoms with Crippen molar-refractivity contribution >= 4 is 22.4 Å². The van der Waals surface area contributed by atoms with E-state index in [4.69, 9.17) is 0 Å². The summed E-state index contributed by atoms with van der Waals surface area (Å²) in [5, 5.41) is 7.89. The summed E-state index contributed by atoms with van der Waals surface area (Å²) in [6.45, 7) is -3.25. The molecule has 4 aromatic rings. The molecule has 0 radical (unpaired) electrons. The van der Waals surface area contributed by atoms with Crippen molar-refractivity contribution in [3.63, 3.8) is 0 Å². The molecule has 8 heteroatoms. The molecule has 1 heterocycles. The van der Waals surface area contributed by atoms with Crippen LogP contribution in [0.3, 0.4) is 0 Å². The minimum absolute atomic E-state index is 0.0364. The summed E-state index contributed by atoms with van der Waals surface area (Å²) in [6.07, 6.45) is 1.87. The van der Waals surface area contributed by atoms with Gasteiger partial charge < -0.3 is 10.1 Å². The second-order valence-corrected chi connectivity index (χ2v) is 7.11. The highest BCUT2D eigenvalue weighted by molar-refractivity contribution is 5.91. The standard InChI is InChI=1S/C24H19F2N3O3/c25-24(26)32-21-11-10-19(13-18(21)12-16-6-2-1-3-7-16)28-22(30)15-29-23(31)20-9-5-4-8-17(20)14-27-29/h1-11,13-14,24H,12,15H2,(H,28,30). The molecule has 162 valence electrons. The molecule has 0 saturated carbocycles. The number of hydrogen-bond donors (Lipinski definition) is 1. The molecule has 4 rings (SSSR count). The largest absolute Gasteiger partial charge is 0.435 e. The van der Waals surface area contributed by atoms with Crippen LogP contribution in [0.5, 0.6) is 5.75 Å². The Kier molecular flexibility index (Phi) is 6.21. The number of anilines is 1. The average molecular weight is 435 g/mol. The van der Waals surface area contributed by atoms with E-state index in [0.717, 1.165) is 10.2 Å². The highest BCUT2D eigenvalue weighted by Gasteiger charge is 2.13. The lowest BCUT2D eigenvalue weighted by Gasteiger charge is -2.14. The fraction of sp³-hybridized carbons (Fsp3) is 0.125. The fourth-order valence-corrected chi connectivity index (χ4v) is 3.40. The fourth-order valence-electron chi connectivity index (χ4n) is 3.40. The second-order valence-electron chi connectivity index (χ2n) is 7.11. The van der Waals surface area contributed by atoms with E-state index >= 15 is 0 Å². The number of hydrogen-bond acceptors (Lipinski definition) is 4. The van der Waals surface area contributed by atoms with Gasteiger partial charge in [0.15, 0.2) is 0 Å². The quantitative estimate of drug-likeness (QED) is 0.472. The molecule has 0 aliphatic heterocycles. The van der Waals surface area contributed by atoms with E-state index in [2.05, 4.69) is 15.2 Å². The molecule has 32 heavy (non-hydrogen) atoms. The lowest BCUT2D eigenvalue weighted by molar-refractivity contribution is -0.117. The number of nitrogens with one attached hydrogen (secondary N) is 1. The van der Waals surface area contributed by atoms with E-state index in [1.807, 2.05) is 30.3 Å². The van der Waals surface area contributed by atoms with Gasteiger partial charge in [-0.2, -0.15) is 13.9 Å². The minimum atomic E-state index is -2.96. The zero-order valence-electron chi connectivity index (χ0n) is 16.9. The monoisotopic (exact) mass is 435 g/mol. The van der Waals surface area contributed by atoms with Crippen LogP contribution in [-0.4, -0.2) is 22.3 Å². The van der Waals surface area contributed by atoms with E-state index < -0.39 is 12.5 Å². The number of alkyl halides is 2. The van der Waals surface area contributed by atoms with Crippen LogP contribution < -0.4 is 15.6 Å². The molecule has 1 aromatic heterocycles. The van der Waals surface area contributed by atoms with E-state index in [-0.39, 0.29) is 17.9 Å². The van der Waals surface area contributed by atoms with Gasteiger partial charge in [-0.3, -0.25) is 9.59 Å². The molecular formula is C24H19F2N3O3. The summed E-state index contributed by atoms with van der Waals surface area (Å²) in [5.41, 5.74) is 1.43. The smallest absolute Gasteiger partial charge is 0.387 e. The number of carbonyl (C=O) groups excluding carboxylic acids is 1. The molecule has 0 bridgehead atoms. The van der Waals surface area contributed by atoms with Gasteiger partial charge in [-0.1, -0.05) is 48.5 Å². The Morgan fingerprint density at radius 2 is 1.78 bits per heavy atom. The first-order valence-corrected chi connectivity index (χ1v) is 9.86. The molecule has 0 atom stereocenters. The Morgan fingerprint density at radius 1 is 1.03 bits per heavy atom. The van der Waals surface area contributed by atoms with E-state index in [9.17, 15) is 18.4 Å². The molecular weight excluding hydrogens is 416 g/mol. The number of aromatic nitrogens is 2. The number of rotatable bonds is 7. The molecule has 3 aromatic carbocycles. The number of carbonyl (C=O) groups is 1. The summed E-state index contributed by atoms with van der Waals surface area (Å²) in [6, 6.07) is 20.7. The van der Waals surface area contributed by atoms with Crippen LogP contribution in [0.1, 0.15) is 11.1 Å². The van der Waals surface area contributed by atoms with Gasteiger partial charge in [-0.05, 0) is 29.8 Å². The molecule has 0 aliphatic rings. The third-order valence-electron chi connectivity index (χ3n) is 4.85. The number of nitrogens with zero attached hydrogens (tertiary/aromatic N) is 2. The van der Waals surface area contributed by atoms with Gasteiger partial charge in [0.25, 0.3) is 5.56 Å². The van der Waals surface area contributed by atoms with Crippen LogP contribution in [0.25, 0.3) is 10.8 Å². The predicted molar refractivity (Wildman–Crippen MR) is 117 cm³/mol. The van der Waals surface area contributed by atoms with Gasteiger partial charge in [0.05, 0.1) is 11.6 Å². The summed E-state index contributed by atoms with van der Waals surface area (Å²) >= 11 is 0. The van der Waals surface area contributed by atoms with Gasteiger partial charge in [0.2, 0.25) is 5.91 Å². The first-order chi connectivity index (χ1) is 15.5. The molecule has 0 aliphatic carbocycles. The zero-order chi connectivity index (χ0) is 22.5. The van der Waals surface area contributed by atoms with Gasteiger partial charge in [0.1, 0.15) is 12.3 Å². The van der Waals surface area contributed by atoms with Crippen molar-refractivity contribution in [3.8, 4) is 5.75 Å². The Morgan fingerprint density at radius 3 is 2.56 bits per heavy atom. The predicted octanol–water partition coefficient (Wildman–Crippen LogP) is 4.23. The maximum atomic E-state index is 12.8. The summed E-state index contributed by atoms with van der Waals surface area (Å²) in [7, 11) is 0. The zero-order valence-corrected chi connectivity index (χ0v) is 16.9.